The summed E-state index contributed by atoms with van der Waals surface area (Å²) < 4.78 is 12.8. The molecular formula is C11H19NOS2. The molecule has 0 radical (unpaired) electrons. The van der Waals surface area contributed by atoms with Gasteiger partial charge in [-0.2, -0.15) is 0 Å². The first-order chi connectivity index (χ1) is 7.24. The Hall–Kier alpha value is -0.190. The van der Waals surface area contributed by atoms with Crippen molar-refractivity contribution in [2.24, 2.45) is 0 Å². The van der Waals surface area contributed by atoms with E-state index in [1.165, 1.54) is 0 Å². The minimum absolute atomic E-state index is 0.467. The molecule has 0 spiro atoms. The molecule has 0 bridgehead atoms. The first kappa shape index (κ1) is 12.9. The van der Waals surface area contributed by atoms with Crippen LogP contribution in [0, 0.1) is 0 Å². The molecule has 0 amide bonds. The Labute approximate surface area is 98.6 Å². The van der Waals surface area contributed by atoms with E-state index in [1.54, 1.807) is 11.3 Å². The molecule has 1 rings (SSSR count). The molecule has 0 fully saturated rings. The van der Waals surface area contributed by atoms with Crippen LogP contribution in [0.5, 0.6) is 0 Å². The molecule has 0 aliphatic rings. The normalized spacial score (nSPS) is 15.1. The molecule has 2 atom stereocenters. The third-order valence-corrected chi connectivity index (χ3v) is 4.90. The third kappa shape index (κ3) is 4.91. The summed E-state index contributed by atoms with van der Waals surface area (Å²) in [7, 11) is -0.800. The van der Waals surface area contributed by atoms with E-state index in [-0.39, 0.29) is 0 Å². The lowest BCUT2D eigenvalue weighted by atomic mass is 10.2. The van der Waals surface area contributed by atoms with Gasteiger partial charge in [-0.15, -0.1) is 11.3 Å². The molecule has 0 saturated carbocycles. The number of hydrogen-bond acceptors (Lipinski definition) is 3. The molecule has 86 valence electrons. The minimum atomic E-state index is -0.800. The molecule has 1 N–H and O–H groups in total. The number of thiophene rings is 1. The van der Waals surface area contributed by atoms with Gasteiger partial charge in [0.2, 0.25) is 0 Å². The van der Waals surface area contributed by atoms with E-state index in [2.05, 4.69) is 19.2 Å². The van der Waals surface area contributed by atoms with Crippen LogP contribution in [0.2, 0.25) is 0 Å². The molecule has 1 aromatic rings. The fraction of sp³-hybridized carbons (Fsp3) is 0.636. The summed E-state index contributed by atoms with van der Waals surface area (Å²) in [5.41, 5.74) is 0. The average Bonchev–Trinajstić information content (AvgIpc) is 2.76. The summed E-state index contributed by atoms with van der Waals surface area (Å²) in [5.74, 6) is 0.762. The van der Waals surface area contributed by atoms with Crippen LogP contribution in [-0.4, -0.2) is 22.5 Å². The summed E-state index contributed by atoms with van der Waals surface area (Å²) in [6, 6.07) is 4.37. The molecule has 0 aliphatic carbocycles. The molecule has 1 aromatic heterocycles. The zero-order valence-electron chi connectivity index (χ0n) is 9.36. The predicted octanol–water partition coefficient (Wildman–Crippen LogP) is 2.63. The van der Waals surface area contributed by atoms with E-state index in [1.807, 2.05) is 17.5 Å². The van der Waals surface area contributed by atoms with E-state index in [0.29, 0.717) is 6.04 Å². The van der Waals surface area contributed by atoms with Crippen molar-refractivity contribution in [2.75, 3.05) is 12.3 Å². The Morgan fingerprint density at radius 3 is 3.00 bits per heavy atom. The topological polar surface area (TPSA) is 29.1 Å². The molecule has 0 aliphatic heterocycles. The molecule has 2 unspecified atom stereocenters. The second kappa shape index (κ2) is 7.14. The second-order valence-corrected chi connectivity index (χ2v) is 6.37. The van der Waals surface area contributed by atoms with E-state index in [4.69, 9.17) is 0 Å². The summed E-state index contributed by atoms with van der Waals surface area (Å²) in [4.78, 5) is 0. The Balaban J connectivity index is 2.22. The van der Waals surface area contributed by atoms with Gasteiger partial charge in [0.15, 0.2) is 0 Å². The van der Waals surface area contributed by atoms with Gasteiger partial charge in [0, 0.05) is 11.8 Å². The van der Waals surface area contributed by atoms with E-state index < -0.39 is 10.8 Å². The van der Waals surface area contributed by atoms with Crippen LogP contribution in [0.25, 0.3) is 0 Å². The SMILES string of the molecule is CCCNC(C)CCS(=O)c1cccs1. The molecule has 4 heteroatoms. The lowest BCUT2D eigenvalue weighted by molar-refractivity contribution is 0.533. The summed E-state index contributed by atoms with van der Waals surface area (Å²) in [6.07, 6.45) is 2.13. The highest BCUT2D eigenvalue weighted by Gasteiger charge is 2.07. The van der Waals surface area contributed by atoms with Crippen molar-refractivity contribution in [3.05, 3.63) is 17.5 Å². The van der Waals surface area contributed by atoms with Gasteiger partial charge in [-0.25, -0.2) is 0 Å². The average molecular weight is 245 g/mol. The van der Waals surface area contributed by atoms with Gasteiger partial charge in [-0.3, -0.25) is 4.21 Å². The van der Waals surface area contributed by atoms with Crippen molar-refractivity contribution in [1.82, 2.24) is 5.32 Å². The van der Waals surface area contributed by atoms with Crippen molar-refractivity contribution >= 4 is 22.1 Å². The largest absolute Gasteiger partial charge is 0.314 e. The van der Waals surface area contributed by atoms with Crippen LogP contribution in [0.15, 0.2) is 21.7 Å². The van der Waals surface area contributed by atoms with Gasteiger partial charge in [-0.05, 0) is 37.8 Å². The van der Waals surface area contributed by atoms with Crippen LogP contribution >= 0.6 is 11.3 Å². The van der Waals surface area contributed by atoms with Crippen LogP contribution in [0.4, 0.5) is 0 Å². The Morgan fingerprint density at radius 1 is 1.60 bits per heavy atom. The van der Waals surface area contributed by atoms with E-state index in [9.17, 15) is 4.21 Å². The summed E-state index contributed by atoms with van der Waals surface area (Å²) in [5, 5.41) is 5.38. The van der Waals surface area contributed by atoms with Crippen LogP contribution in [-0.2, 0) is 10.8 Å². The third-order valence-electron chi connectivity index (χ3n) is 2.20. The van der Waals surface area contributed by atoms with E-state index >= 15 is 0 Å². The van der Waals surface area contributed by atoms with Crippen molar-refractivity contribution < 1.29 is 4.21 Å². The van der Waals surface area contributed by atoms with Crippen molar-refractivity contribution in [3.63, 3.8) is 0 Å². The zero-order chi connectivity index (χ0) is 11.1. The maximum atomic E-state index is 11.8. The maximum absolute atomic E-state index is 11.8. The highest BCUT2D eigenvalue weighted by atomic mass is 32.2. The van der Waals surface area contributed by atoms with Crippen molar-refractivity contribution in [3.8, 4) is 0 Å². The summed E-state index contributed by atoms with van der Waals surface area (Å²) in [6.45, 7) is 5.36. The number of hydrogen-bond donors (Lipinski definition) is 1. The summed E-state index contributed by atoms with van der Waals surface area (Å²) >= 11 is 1.58. The first-order valence-electron chi connectivity index (χ1n) is 5.39. The molecule has 15 heavy (non-hydrogen) atoms. The minimum Gasteiger partial charge on any atom is -0.314 e. The lowest BCUT2D eigenvalue weighted by Gasteiger charge is -2.11. The molecule has 2 nitrogen and oxygen atoms in total. The van der Waals surface area contributed by atoms with Crippen molar-refractivity contribution in [2.45, 2.75) is 36.9 Å². The van der Waals surface area contributed by atoms with E-state index in [0.717, 1.165) is 29.3 Å². The second-order valence-electron chi connectivity index (χ2n) is 3.63. The molecule has 1 heterocycles. The number of rotatable bonds is 7. The van der Waals surface area contributed by atoms with Gasteiger partial charge in [-0.1, -0.05) is 13.0 Å². The molecular weight excluding hydrogens is 226 g/mol. The quantitative estimate of drug-likeness (QED) is 0.800. The maximum Gasteiger partial charge on any atom is 0.0910 e. The molecule has 0 saturated heterocycles. The van der Waals surface area contributed by atoms with Crippen LogP contribution in [0.1, 0.15) is 26.7 Å². The first-order valence-corrected chi connectivity index (χ1v) is 7.59. The monoisotopic (exact) mass is 245 g/mol. The fourth-order valence-corrected chi connectivity index (χ4v) is 3.56. The Kier molecular flexibility index (Phi) is 6.13. The zero-order valence-corrected chi connectivity index (χ0v) is 11.0. The number of nitrogens with one attached hydrogen (secondary N) is 1. The smallest absolute Gasteiger partial charge is 0.0910 e. The Bertz CT molecular complexity index is 285. The van der Waals surface area contributed by atoms with Gasteiger partial charge in [0.25, 0.3) is 0 Å². The van der Waals surface area contributed by atoms with Crippen LogP contribution in [0.3, 0.4) is 0 Å². The molecule has 0 aromatic carbocycles. The highest BCUT2D eigenvalue weighted by Crippen LogP contribution is 2.14. The van der Waals surface area contributed by atoms with Crippen LogP contribution < -0.4 is 5.32 Å². The lowest BCUT2D eigenvalue weighted by Crippen LogP contribution is -2.28. The van der Waals surface area contributed by atoms with Gasteiger partial charge in [0.05, 0.1) is 15.0 Å². The van der Waals surface area contributed by atoms with Gasteiger partial charge >= 0.3 is 0 Å². The Morgan fingerprint density at radius 2 is 2.40 bits per heavy atom. The van der Waals surface area contributed by atoms with Crippen molar-refractivity contribution in [1.29, 1.82) is 0 Å². The van der Waals surface area contributed by atoms with Gasteiger partial charge in [0.1, 0.15) is 0 Å². The van der Waals surface area contributed by atoms with Gasteiger partial charge < -0.3 is 5.32 Å². The standard InChI is InChI=1S/C11H19NOS2/c1-3-7-12-10(2)6-9-15(13)11-5-4-8-14-11/h4-5,8,10,12H,3,6-7,9H2,1-2H3. The predicted molar refractivity (Wildman–Crippen MR) is 68.0 cm³/mol. The fourth-order valence-electron chi connectivity index (χ4n) is 1.27. The highest BCUT2D eigenvalue weighted by molar-refractivity contribution is 7.87.